The minimum absolute atomic E-state index is 0.0931. The first-order valence-corrected chi connectivity index (χ1v) is 13.7. The number of carbonyl (C=O) groups excluding carboxylic acids is 1. The van der Waals surface area contributed by atoms with E-state index in [1.165, 1.54) is 11.3 Å². The first kappa shape index (κ1) is 25.6. The summed E-state index contributed by atoms with van der Waals surface area (Å²) >= 11 is 4.87. The van der Waals surface area contributed by atoms with E-state index in [-0.39, 0.29) is 11.9 Å². The summed E-state index contributed by atoms with van der Waals surface area (Å²) in [4.78, 5) is 27.3. The minimum Gasteiger partial charge on any atom is -0.494 e. The maximum Gasteiger partial charge on any atom is 0.264 e. The van der Waals surface area contributed by atoms with Crippen molar-refractivity contribution in [1.29, 1.82) is 0 Å². The number of nitrogens with one attached hydrogen (secondary N) is 1. The standard InChI is InChI=1S/C26H32BrN5O2S/c1-31(2)11-6-13-34-22-9-5-7-19(15-22)23-10-14-35-24(23)25(33)32-12-4-3-8-21(32)18-30-26-28-16-20(27)17-29-26/h5,7,9-10,14-17,21H,3-4,6,8,11-13,18H2,1-2H3,(H,28,29,30). The van der Waals surface area contributed by atoms with Crippen LogP contribution in [0.3, 0.4) is 0 Å². The number of ether oxygens (including phenoxy) is 1. The third-order valence-corrected chi connectivity index (χ3v) is 7.34. The zero-order chi connectivity index (χ0) is 24.6. The highest BCUT2D eigenvalue weighted by atomic mass is 79.9. The maximum atomic E-state index is 13.7. The third-order valence-electron chi connectivity index (χ3n) is 6.03. The normalized spacial score (nSPS) is 15.9. The van der Waals surface area contributed by atoms with Gasteiger partial charge in [-0.05, 0) is 84.9 Å². The van der Waals surface area contributed by atoms with Gasteiger partial charge in [-0.2, -0.15) is 0 Å². The number of nitrogens with zero attached hydrogens (tertiary/aromatic N) is 4. The van der Waals surface area contributed by atoms with Crippen molar-refractivity contribution in [2.45, 2.75) is 31.7 Å². The number of thiophene rings is 1. The van der Waals surface area contributed by atoms with Gasteiger partial charge < -0.3 is 19.9 Å². The predicted molar refractivity (Wildman–Crippen MR) is 145 cm³/mol. The van der Waals surface area contributed by atoms with Crippen molar-refractivity contribution < 1.29 is 9.53 Å². The van der Waals surface area contributed by atoms with E-state index in [9.17, 15) is 4.79 Å². The summed E-state index contributed by atoms with van der Waals surface area (Å²) < 4.78 is 6.81. The second-order valence-corrected chi connectivity index (χ2v) is 10.8. The number of benzene rings is 1. The van der Waals surface area contributed by atoms with E-state index < -0.39 is 0 Å². The van der Waals surface area contributed by atoms with Crippen molar-refractivity contribution in [2.24, 2.45) is 0 Å². The van der Waals surface area contributed by atoms with Crippen molar-refractivity contribution >= 4 is 39.1 Å². The summed E-state index contributed by atoms with van der Waals surface area (Å²) in [6, 6.07) is 10.2. The molecule has 1 aliphatic heterocycles. The van der Waals surface area contributed by atoms with Gasteiger partial charge in [0.15, 0.2) is 0 Å². The summed E-state index contributed by atoms with van der Waals surface area (Å²) in [7, 11) is 4.13. The van der Waals surface area contributed by atoms with Gasteiger partial charge in [0.05, 0.1) is 16.0 Å². The summed E-state index contributed by atoms with van der Waals surface area (Å²) in [5.74, 6) is 1.50. The molecule has 35 heavy (non-hydrogen) atoms. The Labute approximate surface area is 219 Å². The van der Waals surface area contributed by atoms with Gasteiger partial charge in [0.2, 0.25) is 5.95 Å². The lowest BCUT2D eigenvalue weighted by atomic mass is 10.0. The van der Waals surface area contributed by atoms with Crippen molar-refractivity contribution in [3.05, 3.63) is 57.5 Å². The van der Waals surface area contributed by atoms with Crippen LogP contribution in [0.5, 0.6) is 5.75 Å². The SMILES string of the molecule is CN(C)CCCOc1cccc(-c2ccsc2C(=O)N2CCCCC2CNc2ncc(Br)cn2)c1. The summed E-state index contributed by atoms with van der Waals surface area (Å²) in [6.45, 7) is 3.05. The molecule has 1 N–H and O–H groups in total. The number of amides is 1. The van der Waals surface area contributed by atoms with Crippen LogP contribution in [-0.2, 0) is 0 Å². The highest BCUT2D eigenvalue weighted by molar-refractivity contribution is 9.10. The number of carbonyl (C=O) groups is 1. The van der Waals surface area contributed by atoms with Crippen molar-refractivity contribution in [2.75, 3.05) is 45.7 Å². The largest absolute Gasteiger partial charge is 0.494 e. The van der Waals surface area contributed by atoms with Gasteiger partial charge in [-0.25, -0.2) is 9.97 Å². The Morgan fingerprint density at radius 2 is 2.09 bits per heavy atom. The van der Waals surface area contributed by atoms with Crippen LogP contribution in [0.15, 0.2) is 52.6 Å². The molecule has 1 saturated heterocycles. The number of halogens is 1. The van der Waals surface area contributed by atoms with E-state index >= 15 is 0 Å². The molecular formula is C26H32BrN5O2S. The number of hydrogen-bond acceptors (Lipinski definition) is 7. The average molecular weight is 559 g/mol. The molecule has 2 aromatic heterocycles. The maximum absolute atomic E-state index is 13.7. The summed E-state index contributed by atoms with van der Waals surface area (Å²) in [6.07, 6.45) is 7.51. The van der Waals surface area contributed by atoms with Gasteiger partial charge in [-0.1, -0.05) is 12.1 Å². The Balaban J connectivity index is 1.45. The van der Waals surface area contributed by atoms with Crippen molar-refractivity contribution in [3.63, 3.8) is 0 Å². The molecule has 1 fully saturated rings. The highest BCUT2D eigenvalue weighted by Gasteiger charge is 2.29. The van der Waals surface area contributed by atoms with Crippen molar-refractivity contribution in [1.82, 2.24) is 19.8 Å². The van der Waals surface area contributed by atoms with Crippen LogP contribution in [0.4, 0.5) is 5.95 Å². The molecule has 0 aliphatic carbocycles. The van der Waals surface area contributed by atoms with E-state index in [1.807, 2.05) is 40.6 Å². The number of hydrogen-bond donors (Lipinski definition) is 1. The molecule has 1 aromatic carbocycles. The minimum atomic E-state index is 0.0931. The molecule has 0 radical (unpaired) electrons. The van der Waals surface area contributed by atoms with Gasteiger partial charge in [-0.15, -0.1) is 11.3 Å². The van der Waals surface area contributed by atoms with Crippen LogP contribution in [-0.4, -0.2) is 72.1 Å². The van der Waals surface area contributed by atoms with E-state index in [2.05, 4.69) is 50.2 Å². The van der Waals surface area contributed by atoms with Crippen LogP contribution < -0.4 is 10.1 Å². The number of piperidine rings is 1. The van der Waals surface area contributed by atoms with Crippen molar-refractivity contribution in [3.8, 4) is 16.9 Å². The molecule has 0 saturated carbocycles. The molecule has 3 heterocycles. The molecule has 4 rings (SSSR count). The highest BCUT2D eigenvalue weighted by Crippen LogP contribution is 2.33. The molecule has 7 nitrogen and oxygen atoms in total. The monoisotopic (exact) mass is 557 g/mol. The number of likely N-dealkylation sites (tertiary alicyclic amines) is 1. The molecule has 9 heteroatoms. The molecule has 1 unspecified atom stereocenters. The Morgan fingerprint density at radius 1 is 1.26 bits per heavy atom. The van der Waals surface area contributed by atoms with E-state index in [0.717, 1.165) is 65.0 Å². The Bertz CT molecular complexity index is 1110. The first-order valence-electron chi connectivity index (χ1n) is 12.0. The van der Waals surface area contributed by atoms with E-state index in [1.54, 1.807) is 12.4 Å². The van der Waals surface area contributed by atoms with Gasteiger partial charge in [0, 0.05) is 43.6 Å². The van der Waals surface area contributed by atoms with Crippen LogP contribution in [0.1, 0.15) is 35.4 Å². The Kier molecular flexibility index (Phi) is 9.12. The second-order valence-electron chi connectivity index (χ2n) is 8.95. The average Bonchev–Trinajstić information content (AvgIpc) is 3.36. The molecule has 1 atom stereocenters. The summed E-state index contributed by atoms with van der Waals surface area (Å²) in [5.41, 5.74) is 1.97. The molecule has 3 aromatic rings. The van der Waals surface area contributed by atoms with Gasteiger partial charge >= 0.3 is 0 Å². The molecule has 0 spiro atoms. The predicted octanol–water partition coefficient (Wildman–Crippen LogP) is 5.40. The lowest BCUT2D eigenvalue weighted by Crippen LogP contribution is -2.47. The first-order chi connectivity index (χ1) is 17.0. The third kappa shape index (κ3) is 7.02. The molecule has 186 valence electrons. The number of anilines is 1. The van der Waals surface area contributed by atoms with Gasteiger partial charge in [0.25, 0.3) is 5.91 Å². The lowest BCUT2D eigenvalue weighted by Gasteiger charge is -2.36. The second kappa shape index (κ2) is 12.5. The zero-order valence-corrected chi connectivity index (χ0v) is 22.6. The van der Waals surface area contributed by atoms with E-state index in [0.29, 0.717) is 19.1 Å². The quantitative estimate of drug-likeness (QED) is 0.336. The fourth-order valence-corrected chi connectivity index (χ4v) is 5.33. The smallest absolute Gasteiger partial charge is 0.264 e. The van der Waals surface area contributed by atoms with Crippen LogP contribution in [0.25, 0.3) is 11.1 Å². The molecule has 1 aliphatic rings. The number of aromatic nitrogens is 2. The fourth-order valence-electron chi connectivity index (χ4n) is 4.25. The molecule has 0 bridgehead atoms. The lowest BCUT2D eigenvalue weighted by molar-refractivity contribution is 0.0634. The van der Waals surface area contributed by atoms with Gasteiger partial charge in [-0.3, -0.25) is 4.79 Å². The Hall–Kier alpha value is -2.49. The van der Waals surface area contributed by atoms with Crippen LogP contribution >= 0.6 is 27.3 Å². The van der Waals surface area contributed by atoms with Gasteiger partial charge in [0.1, 0.15) is 5.75 Å². The molecule has 1 amide bonds. The fraction of sp³-hybridized carbons (Fsp3) is 0.423. The van der Waals surface area contributed by atoms with Crippen LogP contribution in [0, 0.1) is 0 Å². The number of rotatable bonds is 10. The Morgan fingerprint density at radius 3 is 2.89 bits per heavy atom. The van der Waals surface area contributed by atoms with Crippen LogP contribution in [0.2, 0.25) is 0 Å². The molecular weight excluding hydrogens is 526 g/mol. The van der Waals surface area contributed by atoms with E-state index in [4.69, 9.17) is 4.74 Å². The zero-order valence-electron chi connectivity index (χ0n) is 20.2. The topological polar surface area (TPSA) is 70.6 Å². The summed E-state index contributed by atoms with van der Waals surface area (Å²) in [5, 5.41) is 5.30.